The van der Waals surface area contributed by atoms with Crippen LogP contribution in [0.4, 0.5) is 0 Å². The lowest BCUT2D eigenvalue weighted by Crippen LogP contribution is -2.35. The smallest absolute Gasteiger partial charge is 0.311 e. The van der Waals surface area contributed by atoms with Crippen LogP contribution in [0.1, 0.15) is 26.7 Å². The Morgan fingerprint density at radius 1 is 1.40 bits per heavy atom. The summed E-state index contributed by atoms with van der Waals surface area (Å²) < 4.78 is 3.33. The van der Waals surface area contributed by atoms with Crippen molar-refractivity contribution >= 4 is 5.97 Å². The highest BCUT2D eigenvalue weighted by atomic mass is 16.4. The zero-order valence-corrected chi connectivity index (χ0v) is 11.8. The molecule has 0 aliphatic rings. The maximum absolute atomic E-state index is 11.6. The quantitative estimate of drug-likeness (QED) is 0.845. The molecule has 0 saturated heterocycles. The average molecular weight is 278 g/mol. The van der Waals surface area contributed by atoms with Gasteiger partial charge in [0, 0.05) is 7.05 Å². The Bertz CT molecular complexity index is 599. The van der Waals surface area contributed by atoms with Crippen molar-refractivity contribution in [3.8, 4) is 11.5 Å². The van der Waals surface area contributed by atoms with Crippen LogP contribution in [0.25, 0.3) is 11.5 Å². The van der Waals surface area contributed by atoms with Gasteiger partial charge in [-0.2, -0.15) is 0 Å². The van der Waals surface area contributed by atoms with E-state index in [2.05, 4.69) is 20.5 Å². The first-order valence-corrected chi connectivity index (χ1v) is 6.50. The van der Waals surface area contributed by atoms with Gasteiger partial charge in [0.05, 0.1) is 24.5 Å². The summed E-state index contributed by atoms with van der Waals surface area (Å²) in [7, 11) is 1.84. The van der Waals surface area contributed by atoms with E-state index in [-0.39, 0.29) is 6.54 Å². The summed E-state index contributed by atoms with van der Waals surface area (Å²) in [6.07, 6.45) is 4.34. The maximum atomic E-state index is 11.6. The average Bonchev–Trinajstić information content (AvgIpc) is 3.04. The van der Waals surface area contributed by atoms with E-state index in [1.807, 2.05) is 20.9 Å². The molecule has 0 amide bonds. The molecule has 0 radical (unpaired) electrons. The zero-order chi connectivity index (χ0) is 14.8. The van der Waals surface area contributed by atoms with Gasteiger partial charge in [-0.05, 0) is 23.3 Å². The van der Waals surface area contributed by atoms with E-state index in [0.29, 0.717) is 18.7 Å². The van der Waals surface area contributed by atoms with Crippen LogP contribution >= 0.6 is 0 Å². The van der Waals surface area contributed by atoms with E-state index in [9.17, 15) is 9.90 Å². The number of aliphatic carboxylic acids is 1. The lowest BCUT2D eigenvalue weighted by Gasteiger charge is -2.26. The highest BCUT2D eigenvalue weighted by Gasteiger charge is 2.36. The molecule has 0 atom stereocenters. The van der Waals surface area contributed by atoms with Gasteiger partial charge in [0.2, 0.25) is 0 Å². The molecule has 0 fully saturated rings. The molecule has 0 aromatic carbocycles. The summed E-state index contributed by atoms with van der Waals surface area (Å²) >= 11 is 0. The molecule has 0 aliphatic heterocycles. The predicted octanol–water partition coefficient (Wildman–Crippen LogP) is 0.965. The molecule has 0 spiro atoms. The van der Waals surface area contributed by atoms with Crippen molar-refractivity contribution in [3.63, 3.8) is 0 Å². The molecule has 1 N–H and O–H groups in total. The van der Waals surface area contributed by atoms with Crippen molar-refractivity contribution in [1.29, 1.82) is 0 Å². The van der Waals surface area contributed by atoms with Crippen LogP contribution < -0.4 is 0 Å². The Labute approximate surface area is 116 Å². The minimum Gasteiger partial charge on any atom is -0.481 e. The van der Waals surface area contributed by atoms with Crippen molar-refractivity contribution in [1.82, 2.24) is 29.8 Å². The molecule has 0 unspecified atom stereocenters. The predicted molar refractivity (Wildman–Crippen MR) is 70.7 cm³/mol. The van der Waals surface area contributed by atoms with Crippen molar-refractivity contribution in [2.45, 2.75) is 33.2 Å². The van der Waals surface area contributed by atoms with E-state index in [4.69, 9.17) is 0 Å². The van der Waals surface area contributed by atoms with E-state index >= 15 is 0 Å². The molecule has 2 aromatic heterocycles. The fraction of sp³-hybridized carbons (Fsp3) is 0.583. The second kappa shape index (κ2) is 5.40. The number of imidazole rings is 1. The van der Waals surface area contributed by atoms with E-state index < -0.39 is 11.4 Å². The van der Waals surface area contributed by atoms with Crippen LogP contribution in [0.5, 0.6) is 0 Å². The van der Waals surface area contributed by atoms with Crippen molar-refractivity contribution in [2.75, 3.05) is 0 Å². The Hall–Kier alpha value is -2.25. The third-order valence-electron chi connectivity index (χ3n) is 3.84. The first kappa shape index (κ1) is 14.2. The highest BCUT2D eigenvalue weighted by molar-refractivity contribution is 5.74. The Morgan fingerprint density at radius 3 is 2.60 bits per heavy atom. The molecule has 2 heterocycles. The molecule has 20 heavy (non-hydrogen) atoms. The molecule has 8 nitrogen and oxygen atoms in total. The van der Waals surface area contributed by atoms with Crippen LogP contribution in [0.15, 0.2) is 12.5 Å². The number of carboxylic acids is 1. The van der Waals surface area contributed by atoms with Gasteiger partial charge in [-0.15, -0.1) is 5.10 Å². The number of carboxylic acid groups (broad SMARTS) is 1. The highest BCUT2D eigenvalue weighted by Crippen LogP contribution is 2.30. The number of carbonyl (C=O) groups is 1. The SMILES string of the molecule is CCC(CC)(Cn1nnnc1-c1cncn1C)C(=O)O. The Morgan fingerprint density at radius 2 is 2.10 bits per heavy atom. The maximum Gasteiger partial charge on any atom is 0.311 e. The second-order valence-electron chi connectivity index (χ2n) is 4.84. The first-order valence-electron chi connectivity index (χ1n) is 6.50. The van der Waals surface area contributed by atoms with Crippen LogP contribution in [-0.2, 0) is 18.4 Å². The summed E-state index contributed by atoms with van der Waals surface area (Å²) in [6.45, 7) is 3.97. The van der Waals surface area contributed by atoms with Gasteiger partial charge < -0.3 is 9.67 Å². The van der Waals surface area contributed by atoms with E-state index in [1.54, 1.807) is 17.1 Å². The first-order chi connectivity index (χ1) is 9.54. The largest absolute Gasteiger partial charge is 0.481 e. The molecule has 108 valence electrons. The number of rotatable bonds is 6. The number of hydrogen-bond acceptors (Lipinski definition) is 5. The van der Waals surface area contributed by atoms with Crippen molar-refractivity contribution in [2.24, 2.45) is 12.5 Å². The molecular weight excluding hydrogens is 260 g/mol. The van der Waals surface area contributed by atoms with Gasteiger partial charge in [-0.25, -0.2) is 9.67 Å². The number of aryl methyl sites for hydroxylation is 1. The lowest BCUT2D eigenvalue weighted by atomic mass is 9.82. The number of tetrazole rings is 1. The van der Waals surface area contributed by atoms with E-state index in [0.717, 1.165) is 5.69 Å². The fourth-order valence-electron chi connectivity index (χ4n) is 2.20. The number of nitrogens with zero attached hydrogens (tertiary/aromatic N) is 6. The summed E-state index contributed by atoms with van der Waals surface area (Å²) in [4.78, 5) is 15.6. The van der Waals surface area contributed by atoms with E-state index in [1.165, 1.54) is 4.68 Å². The summed E-state index contributed by atoms with van der Waals surface area (Å²) in [5.41, 5.74) is -0.107. The summed E-state index contributed by atoms with van der Waals surface area (Å²) in [5.74, 6) is -0.300. The molecular formula is C12H18N6O2. The third kappa shape index (κ3) is 2.28. The second-order valence-corrected chi connectivity index (χ2v) is 4.84. The van der Waals surface area contributed by atoms with Gasteiger partial charge >= 0.3 is 5.97 Å². The molecule has 2 rings (SSSR count). The fourth-order valence-corrected chi connectivity index (χ4v) is 2.20. The molecule has 0 bridgehead atoms. The lowest BCUT2D eigenvalue weighted by molar-refractivity contribution is -0.150. The molecule has 0 saturated carbocycles. The summed E-state index contributed by atoms with van der Waals surface area (Å²) in [5, 5.41) is 21.1. The molecule has 8 heteroatoms. The number of aromatic nitrogens is 6. The number of hydrogen-bond donors (Lipinski definition) is 1. The monoisotopic (exact) mass is 278 g/mol. The van der Waals surface area contributed by atoms with Crippen LogP contribution in [0, 0.1) is 5.41 Å². The normalized spacial score (nSPS) is 11.8. The minimum absolute atomic E-state index is 0.239. The van der Waals surface area contributed by atoms with Crippen molar-refractivity contribution in [3.05, 3.63) is 12.5 Å². The van der Waals surface area contributed by atoms with Gasteiger partial charge in [-0.3, -0.25) is 4.79 Å². The third-order valence-corrected chi connectivity index (χ3v) is 3.84. The van der Waals surface area contributed by atoms with Crippen LogP contribution in [0.3, 0.4) is 0 Å². The van der Waals surface area contributed by atoms with Gasteiger partial charge in [-0.1, -0.05) is 13.8 Å². The van der Waals surface area contributed by atoms with Gasteiger partial charge in [0.1, 0.15) is 5.69 Å². The zero-order valence-electron chi connectivity index (χ0n) is 11.8. The van der Waals surface area contributed by atoms with Crippen LogP contribution in [-0.4, -0.2) is 40.8 Å². The van der Waals surface area contributed by atoms with Gasteiger partial charge in [0.15, 0.2) is 5.82 Å². The molecule has 0 aliphatic carbocycles. The Balaban J connectivity index is 2.38. The standard InChI is InChI=1S/C12H18N6O2/c1-4-12(5-2,11(19)20)7-18-10(14-15-16-18)9-6-13-8-17(9)3/h6,8H,4-5,7H2,1-3H3,(H,19,20). The summed E-state index contributed by atoms with van der Waals surface area (Å²) in [6, 6.07) is 0. The topological polar surface area (TPSA) is 98.7 Å². The molecule has 2 aromatic rings. The van der Waals surface area contributed by atoms with Crippen molar-refractivity contribution < 1.29 is 9.90 Å². The Kier molecular flexibility index (Phi) is 3.82. The minimum atomic E-state index is -0.858. The van der Waals surface area contributed by atoms with Gasteiger partial charge in [0.25, 0.3) is 0 Å². The van der Waals surface area contributed by atoms with Crippen LogP contribution in [0.2, 0.25) is 0 Å².